The molecule has 1 unspecified atom stereocenters. The van der Waals surface area contributed by atoms with Crippen LogP contribution < -0.4 is 0 Å². The number of aliphatic hydroxyl groups excluding tert-OH is 1. The Morgan fingerprint density at radius 1 is 1.46 bits per heavy atom. The van der Waals surface area contributed by atoms with Crippen molar-refractivity contribution in [1.29, 1.82) is 0 Å². The Morgan fingerprint density at radius 3 is 2.54 bits per heavy atom. The van der Waals surface area contributed by atoms with Crippen molar-refractivity contribution in [2.45, 2.75) is 45.4 Å². The molecular formula is C11H20O2. The normalized spacial score (nSPS) is 20.5. The van der Waals surface area contributed by atoms with E-state index < -0.39 is 0 Å². The summed E-state index contributed by atoms with van der Waals surface area (Å²) in [6, 6.07) is 0. The highest BCUT2D eigenvalue weighted by Gasteiger charge is 2.22. The van der Waals surface area contributed by atoms with Gasteiger partial charge in [0.15, 0.2) is 0 Å². The average molecular weight is 184 g/mol. The SMILES string of the molecule is CC(=O)C(CCO)CC1CCCC1. The molecule has 1 aliphatic carbocycles. The van der Waals surface area contributed by atoms with Crippen molar-refractivity contribution >= 4 is 5.78 Å². The largest absolute Gasteiger partial charge is 0.396 e. The molecule has 0 heterocycles. The van der Waals surface area contributed by atoms with Crippen LogP contribution in [0.15, 0.2) is 0 Å². The van der Waals surface area contributed by atoms with E-state index in [9.17, 15) is 4.79 Å². The molecule has 0 bridgehead atoms. The zero-order valence-corrected chi connectivity index (χ0v) is 8.46. The summed E-state index contributed by atoms with van der Waals surface area (Å²) in [4.78, 5) is 11.2. The quantitative estimate of drug-likeness (QED) is 0.711. The third kappa shape index (κ3) is 3.47. The highest BCUT2D eigenvalue weighted by Crippen LogP contribution is 2.31. The Balaban J connectivity index is 2.32. The van der Waals surface area contributed by atoms with Gasteiger partial charge in [-0.15, -0.1) is 0 Å². The van der Waals surface area contributed by atoms with Gasteiger partial charge in [-0.1, -0.05) is 25.7 Å². The molecule has 2 heteroatoms. The molecule has 1 N–H and O–H groups in total. The fraction of sp³-hybridized carbons (Fsp3) is 0.909. The summed E-state index contributed by atoms with van der Waals surface area (Å²) in [5, 5.41) is 8.81. The molecule has 2 nitrogen and oxygen atoms in total. The molecular weight excluding hydrogens is 164 g/mol. The predicted octanol–water partition coefficient (Wildman–Crippen LogP) is 2.15. The first kappa shape index (κ1) is 10.7. The first-order valence-electron chi connectivity index (χ1n) is 5.35. The maximum Gasteiger partial charge on any atom is 0.133 e. The van der Waals surface area contributed by atoms with Crippen LogP contribution in [0.2, 0.25) is 0 Å². The van der Waals surface area contributed by atoms with Crippen LogP contribution in [-0.2, 0) is 4.79 Å². The van der Waals surface area contributed by atoms with E-state index in [1.165, 1.54) is 25.7 Å². The molecule has 1 rings (SSSR count). The van der Waals surface area contributed by atoms with Crippen LogP contribution in [0.3, 0.4) is 0 Å². The third-order valence-electron chi connectivity index (χ3n) is 3.15. The van der Waals surface area contributed by atoms with Crippen molar-refractivity contribution in [3.05, 3.63) is 0 Å². The maximum absolute atomic E-state index is 11.2. The molecule has 1 aliphatic rings. The lowest BCUT2D eigenvalue weighted by Crippen LogP contribution is -2.16. The lowest BCUT2D eigenvalue weighted by atomic mass is 9.89. The number of ketones is 1. The second kappa shape index (κ2) is 5.38. The van der Waals surface area contributed by atoms with Crippen LogP contribution >= 0.6 is 0 Å². The Morgan fingerprint density at radius 2 is 2.08 bits per heavy atom. The summed E-state index contributed by atoms with van der Waals surface area (Å²) < 4.78 is 0. The molecule has 13 heavy (non-hydrogen) atoms. The van der Waals surface area contributed by atoms with Gasteiger partial charge in [0.05, 0.1) is 0 Å². The Bertz CT molecular complexity index is 159. The van der Waals surface area contributed by atoms with Gasteiger partial charge >= 0.3 is 0 Å². The molecule has 0 aromatic rings. The molecule has 0 radical (unpaired) electrons. The number of hydrogen-bond acceptors (Lipinski definition) is 2. The second-order valence-corrected chi connectivity index (χ2v) is 4.21. The van der Waals surface area contributed by atoms with Gasteiger partial charge in [0.25, 0.3) is 0 Å². The first-order chi connectivity index (χ1) is 6.24. The number of Topliss-reactive ketones (excluding diaryl/α,β-unsaturated/α-hetero) is 1. The molecule has 76 valence electrons. The monoisotopic (exact) mass is 184 g/mol. The van der Waals surface area contributed by atoms with Gasteiger partial charge in [-0.05, 0) is 25.7 Å². The minimum Gasteiger partial charge on any atom is -0.396 e. The van der Waals surface area contributed by atoms with Gasteiger partial charge in [-0.2, -0.15) is 0 Å². The van der Waals surface area contributed by atoms with Crippen LogP contribution in [0.25, 0.3) is 0 Å². The number of carbonyl (C=O) groups excluding carboxylic acids is 1. The van der Waals surface area contributed by atoms with Gasteiger partial charge in [0.2, 0.25) is 0 Å². The summed E-state index contributed by atoms with van der Waals surface area (Å²) in [6.07, 6.45) is 6.90. The van der Waals surface area contributed by atoms with E-state index in [2.05, 4.69) is 0 Å². The van der Waals surface area contributed by atoms with Gasteiger partial charge < -0.3 is 5.11 Å². The Labute approximate surface area is 80.3 Å². The summed E-state index contributed by atoms with van der Waals surface area (Å²) in [5.41, 5.74) is 0. The molecule has 0 aromatic heterocycles. The Hall–Kier alpha value is -0.370. The second-order valence-electron chi connectivity index (χ2n) is 4.21. The van der Waals surface area contributed by atoms with Crippen LogP contribution in [0.1, 0.15) is 45.4 Å². The van der Waals surface area contributed by atoms with Crippen molar-refractivity contribution in [3.63, 3.8) is 0 Å². The number of rotatable bonds is 5. The molecule has 1 saturated carbocycles. The Kier molecular flexibility index (Phi) is 4.43. The summed E-state index contributed by atoms with van der Waals surface area (Å²) in [7, 11) is 0. The first-order valence-corrected chi connectivity index (χ1v) is 5.35. The average Bonchev–Trinajstić information content (AvgIpc) is 2.56. The van der Waals surface area contributed by atoms with Crippen LogP contribution in [0.4, 0.5) is 0 Å². The van der Waals surface area contributed by atoms with Crippen molar-refractivity contribution in [1.82, 2.24) is 0 Å². The molecule has 0 aromatic carbocycles. The number of hydrogen-bond donors (Lipinski definition) is 1. The van der Waals surface area contributed by atoms with Gasteiger partial charge in [-0.25, -0.2) is 0 Å². The molecule has 0 spiro atoms. The van der Waals surface area contributed by atoms with E-state index in [-0.39, 0.29) is 18.3 Å². The zero-order chi connectivity index (χ0) is 9.68. The topological polar surface area (TPSA) is 37.3 Å². The van der Waals surface area contributed by atoms with E-state index in [1.807, 2.05) is 0 Å². The molecule has 1 atom stereocenters. The van der Waals surface area contributed by atoms with E-state index in [1.54, 1.807) is 6.92 Å². The van der Waals surface area contributed by atoms with Crippen molar-refractivity contribution < 1.29 is 9.90 Å². The molecule has 0 amide bonds. The van der Waals surface area contributed by atoms with E-state index >= 15 is 0 Å². The predicted molar refractivity (Wildman–Crippen MR) is 52.4 cm³/mol. The van der Waals surface area contributed by atoms with Crippen molar-refractivity contribution in [2.24, 2.45) is 11.8 Å². The van der Waals surface area contributed by atoms with E-state index in [0.717, 1.165) is 12.3 Å². The highest BCUT2D eigenvalue weighted by atomic mass is 16.3. The standard InChI is InChI=1S/C11H20O2/c1-9(13)11(6-7-12)8-10-4-2-3-5-10/h10-12H,2-8H2,1H3. The molecule has 0 saturated heterocycles. The fourth-order valence-corrected chi connectivity index (χ4v) is 2.29. The number of aliphatic hydroxyl groups is 1. The zero-order valence-electron chi connectivity index (χ0n) is 8.46. The fourth-order valence-electron chi connectivity index (χ4n) is 2.29. The summed E-state index contributed by atoms with van der Waals surface area (Å²) in [6.45, 7) is 1.80. The smallest absolute Gasteiger partial charge is 0.133 e. The highest BCUT2D eigenvalue weighted by molar-refractivity contribution is 5.78. The number of carbonyl (C=O) groups is 1. The maximum atomic E-state index is 11.2. The van der Waals surface area contributed by atoms with Gasteiger partial charge in [0, 0.05) is 12.5 Å². The van der Waals surface area contributed by atoms with Gasteiger partial charge in [0.1, 0.15) is 5.78 Å². The van der Waals surface area contributed by atoms with E-state index in [4.69, 9.17) is 5.11 Å². The van der Waals surface area contributed by atoms with Crippen molar-refractivity contribution in [3.8, 4) is 0 Å². The molecule has 1 fully saturated rings. The molecule has 0 aliphatic heterocycles. The lowest BCUT2D eigenvalue weighted by Gasteiger charge is -2.16. The van der Waals surface area contributed by atoms with E-state index in [0.29, 0.717) is 6.42 Å². The summed E-state index contributed by atoms with van der Waals surface area (Å²) >= 11 is 0. The minimum atomic E-state index is 0.119. The van der Waals surface area contributed by atoms with Gasteiger partial charge in [-0.3, -0.25) is 4.79 Å². The third-order valence-corrected chi connectivity index (χ3v) is 3.15. The van der Waals surface area contributed by atoms with Crippen LogP contribution in [0.5, 0.6) is 0 Å². The summed E-state index contributed by atoms with van der Waals surface area (Å²) in [5.74, 6) is 1.12. The lowest BCUT2D eigenvalue weighted by molar-refractivity contribution is -0.121. The van der Waals surface area contributed by atoms with Crippen LogP contribution in [-0.4, -0.2) is 17.5 Å². The van der Waals surface area contributed by atoms with Crippen molar-refractivity contribution in [2.75, 3.05) is 6.61 Å². The van der Waals surface area contributed by atoms with Crippen LogP contribution in [0, 0.1) is 11.8 Å². The minimum absolute atomic E-state index is 0.119.